The molecule has 0 fully saturated rings. The number of nitrogens with zero attached hydrogens (tertiary/aromatic N) is 1. The monoisotopic (exact) mass is 323 g/mol. The number of H-pyrrole nitrogens is 1. The van der Waals surface area contributed by atoms with Gasteiger partial charge in [-0.3, -0.25) is 4.79 Å². The van der Waals surface area contributed by atoms with Crippen molar-refractivity contribution in [2.24, 2.45) is 5.73 Å². The van der Waals surface area contributed by atoms with Crippen molar-refractivity contribution < 1.29 is 14.3 Å². The zero-order valence-corrected chi connectivity index (χ0v) is 12.5. The molecule has 7 heteroatoms. The quantitative estimate of drug-likeness (QED) is 0.636. The molecule has 24 heavy (non-hydrogen) atoms. The average molecular weight is 323 g/mol. The van der Waals surface area contributed by atoms with E-state index in [1.165, 1.54) is 12.1 Å². The van der Waals surface area contributed by atoms with E-state index in [1.807, 2.05) is 0 Å². The van der Waals surface area contributed by atoms with Crippen LogP contribution >= 0.6 is 0 Å². The van der Waals surface area contributed by atoms with E-state index in [2.05, 4.69) is 23.1 Å². The lowest BCUT2D eigenvalue weighted by atomic mass is 10.1. The summed E-state index contributed by atoms with van der Waals surface area (Å²) in [6.07, 6.45) is 1.43. The number of amides is 1. The van der Waals surface area contributed by atoms with Crippen LogP contribution in [0, 0.1) is 0 Å². The molecule has 0 aliphatic carbocycles. The predicted molar refractivity (Wildman–Crippen MR) is 90.3 cm³/mol. The largest absolute Gasteiger partial charge is 0.505 e. The van der Waals surface area contributed by atoms with Crippen LogP contribution in [0.1, 0.15) is 21.7 Å². The third-order valence-electron chi connectivity index (χ3n) is 3.48. The van der Waals surface area contributed by atoms with Gasteiger partial charge in [0.1, 0.15) is 11.4 Å². The normalized spacial score (nSPS) is 10.7. The van der Waals surface area contributed by atoms with Gasteiger partial charge in [-0.25, -0.2) is 9.78 Å². The number of carbonyl (C=O) groups is 1. The molecule has 7 nitrogen and oxygen atoms in total. The Morgan fingerprint density at radius 1 is 1.38 bits per heavy atom. The highest BCUT2D eigenvalue weighted by Gasteiger charge is 2.16. The maximum absolute atomic E-state index is 12.2. The van der Waals surface area contributed by atoms with Gasteiger partial charge in [-0.1, -0.05) is 19.2 Å². The van der Waals surface area contributed by atoms with Crippen LogP contribution in [0.2, 0.25) is 0 Å². The first-order valence-corrected chi connectivity index (χ1v) is 6.89. The van der Waals surface area contributed by atoms with E-state index in [0.717, 1.165) is 0 Å². The lowest BCUT2D eigenvalue weighted by molar-refractivity contribution is 0.100. The van der Waals surface area contributed by atoms with E-state index >= 15 is 0 Å². The minimum atomic E-state index is -0.694. The van der Waals surface area contributed by atoms with E-state index < -0.39 is 11.5 Å². The number of hydrogen-bond acceptors (Lipinski definition) is 5. The minimum Gasteiger partial charge on any atom is -0.505 e. The topological polar surface area (TPSA) is 122 Å². The number of aliphatic hydroxyl groups is 1. The van der Waals surface area contributed by atoms with Gasteiger partial charge in [0.15, 0.2) is 11.5 Å². The fourth-order valence-corrected chi connectivity index (χ4v) is 2.32. The van der Waals surface area contributed by atoms with Gasteiger partial charge in [0.05, 0.1) is 11.0 Å². The molecule has 1 aromatic carbocycles. The van der Waals surface area contributed by atoms with E-state index in [0.29, 0.717) is 22.2 Å². The first kappa shape index (κ1) is 15.3. The van der Waals surface area contributed by atoms with Crippen molar-refractivity contribution in [3.8, 4) is 11.4 Å². The summed E-state index contributed by atoms with van der Waals surface area (Å²) in [4.78, 5) is 30.7. The maximum Gasteiger partial charge on any atom is 0.347 e. The molecule has 0 radical (unpaired) electrons. The zero-order chi connectivity index (χ0) is 17.4. The molecule has 4 N–H and O–H groups in total. The van der Waals surface area contributed by atoms with Crippen molar-refractivity contribution in [3.05, 3.63) is 64.7 Å². The van der Waals surface area contributed by atoms with E-state index in [9.17, 15) is 14.7 Å². The molecule has 0 spiro atoms. The van der Waals surface area contributed by atoms with Crippen LogP contribution in [0.15, 0.2) is 46.6 Å². The molecule has 0 saturated carbocycles. The summed E-state index contributed by atoms with van der Waals surface area (Å²) in [6, 6.07) is 6.21. The summed E-state index contributed by atoms with van der Waals surface area (Å²) in [7, 11) is 0. The molecule has 0 bridgehead atoms. The van der Waals surface area contributed by atoms with Crippen LogP contribution < -0.4 is 11.4 Å². The van der Waals surface area contributed by atoms with Crippen LogP contribution in [0.3, 0.4) is 0 Å². The molecule has 0 unspecified atom stereocenters. The molecule has 2 aromatic heterocycles. The van der Waals surface area contributed by atoms with Crippen molar-refractivity contribution in [3.63, 3.8) is 0 Å². The Bertz CT molecular complexity index is 1060. The van der Waals surface area contributed by atoms with E-state index in [4.69, 9.17) is 10.2 Å². The number of nitrogens with one attached hydrogen (secondary N) is 1. The number of aromatic nitrogens is 2. The van der Waals surface area contributed by atoms with Crippen molar-refractivity contribution in [2.75, 3.05) is 0 Å². The van der Waals surface area contributed by atoms with Crippen LogP contribution in [-0.4, -0.2) is 21.0 Å². The zero-order valence-electron chi connectivity index (χ0n) is 12.5. The standard InChI is InChI=1S/C17H13N3O4/c1-3-9-6-11(17(23)24-14(9)8(2)21)16-19-12-5-4-10(15(18)22)7-13(12)20-16/h3-7,21H,1-2H2,(H2,18,22)(H,19,20). The highest BCUT2D eigenvalue weighted by Crippen LogP contribution is 2.23. The van der Waals surface area contributed by atoms with Crippen molar-refractivity contribution in [2.45, 2.75) is 0 Å². The molecular formula is C17H13N3O4. The van der Waals surface area contributed by atoms with Crippen molar-refractivity contribution in [1.29, 1.82) is 0 Å². The lowest BCUT2D eigenvalue weighted by Gasteiger charge is -2.04. The van der Waals surface area contributed by atoms with E-state index in [-0.39, 0.29) is 22.9 Å². The van der Waals surface area contributed by atoms with Gasteiger partial charge in [0, 0.05) is 11.1 Å². The summed E-state index contributed by atoms with van der Waals surface area (Å²) in [6.45, 7) is 6.96. The van der Waals surface area contributed by atoms with Crippen molar-refractivity contribution >= 4 is 28.8 Å². The molecule has 0 aliphatic heterocycles. The molecule has 0 saturated heterocycles. The number of aliphatic hydroxyl groups excluding tert-OH is 1. The number of hydrogen-bond donors (Lipinski definition) is 3. The van der Waals surface area contributed by atoms with Crippen molar-refractivity contribution in [1.82, 2.24) is 9.97 Å². The number of primary amides is 1. The fraction of sp³-hybridized carbons (Fsp3) is 0. The highest BCUT2D eigenvalue weighted by molar-refractivity contribution is 5.96. The molecule has 1 amide bonds. The second-order valence-corrected chi connectivity index (χ2v) is 5.06. The summed E-state index contributed by atoms with van der Waals surface area (Å²) in [5.41, 5.74) is 6.55. The Hall–Kier alpha value is -3.61. The first-order valence-electron chi connectivity index (χ1n) is 6.89. The number of benzene rings is 1. The summed E-state index contributed by atoms with van der Waals surface area (Å²) in [5, 5.41) is 9.48. The smallest absolute Gasteiger partial charge is 0.347 e. The Balaban J connectivity index is 2.20. The summed E-state index contributed by atoms with van der Waals surface area (Å²) >= 11 is 0. The third-order valence-corrected chi connectivity index (χ3v) is 3.48. The van der Waals surface area contributed by atoms with Gasteiger partial charge in [0.25, 0.3) is 0 Å². The van der Waals surface area contributed by atoms with Crippen LogP contribution in [0.25, 0.3) is 34.3 Å². The number of carbonyl (C=O) groups excluding carboxylic acids is 1. The molecule has 3 aromatic rings. The number of nitrogens with two attached hydrogens (primary N) is 1. The Morgan fingerprint density at radius 3 is 2.75 bits per heavy atom. The lowest BCUT2D eigenvalue weighted by Crippen LogP contribution is -2.10. The number of rotatable bonds is 4. The summed E-state index contributed by atoms with van der Waals surface area (Å²) < 4.78 is 5.09. The SMILES string of the molecule is C=Cc1cc(-c2nc3ccc(C(N)=O)cc3[nH]2)c(=O)oc1C(=C)O. The van der Waals surface area contributed by atoms with Crippen LogP contribution in [0.4, 0.5) is 0 Å². The average Bonchev–Trinajstić information content (AvgIpc) is 2.97. The molecule has 3 rings (SSSR count). The van der Waals surface area contributed by atoms with Gasteiger partial charge in [-0.05, 0) is 24.3 Å². The van der Waals surface area contributed by atoms with Gasteiger partial charge in [-0.2, -0.15) is 0 Å². The second kappa shape index (κ2) is 5.54. The molecule has 120 valence electrons. The Labute approximate surface area is 135 Å². The molecular weight excluding hydrogens is 310 g/mol. The Morgan fingerprint density at radius 2 is 2.12 bits per heavy atom. The predicted octanol–water partition coefficient (Wildman–Crippen LogP) is 2.45. The molecule has 2 heterocycles. The highest BCUT2D eigenvalue weighted by atomic mass is 16.4. The molecule has 0 aliphatic rings. The maximum atomic E-state index is 12.2. The first-order chi connectivity index (χ1) is 11.4. The Kier molecular flexibility index (Phi) is 3.53. The molecule has 0 atom stereocenters. The summed E-state index contributed by atoms with van der Waals surface area (Å²) in [5.74, 6) is -0.721. The number of imidazole rings is 1. The number of fused-ring (bicyclic) bond motifs is 1. The second-order valence-electron chi connectivity index (χ2n) is 5.06. The van der Waals surface area contributed by atoms with E-state index in [1.54, 1.807) is 18.2 Å². The van der Waals surface area contributed by atoms with Gasteiger partial charge in [0.2, 0.25) is 5.91 Å². The number of aromatic amines is 1. The fourth-order valence-electron chi connectivity index (χ4n) is 2.32. The minimum absolute atomic E-state index is 0.0501. The van der Waals surface area contributed by atoms with Gasteiger partial charge >= 0.3 is 5.63 Å². The third kappa shape index (κ3) is 2.48. The van der Waals surface area contributed by atoms with Crippen LogP contribution in [0.5, 0.6) is 0 Å². The van der Waals surface area contributed by atoms with Gasteiger partial charge in [-0.15, -0.1) is 0 Å². The van der Waals surface area contributed by atoms with Crippen LogP contribution in [-0.2, 0) is 0 Å². The van der Waals surface area contributed by atoms with Gasteiger partial charge < -0.3 is 20.2 Å².